The highest BCUT2D eigenvalue weighted by Gasteiger charge is 2.33. The van der Waals surface area contributed by atoms with Crippen LogP contribution in [-0.4, -0.2) is 70.8 Å². The van der Waals surface area contributed by atoms with E-state index in [9.17, 15) is 4.79 Å². The fraction of sp³-hybridized carbons (Fsp3) is 0.667. The van der Waals surface area contributed by atoms with Crippen LogP contribution in [0.5, 0.6) is 0 Å². The van der Waals surface area contributed by atoms with Crippen molar-refractivity contribution < 1.29 is 14.1 Å². The maximum atomic E-state index is 13.4. The molecule has 1 aliphatic carbocycles. The third-order valence-electron chi connectivity index (χ3n) is 6.40. The van der Waals surface area contributed by atoms with Gasteiger partial charge >= 0.3 is 0 Å². The van der Waals surface area contributed by atoms with Crippen LogP contribution >= 0.6 is 0 Å². The molecule has 0 radical (unpaired) electrons. The molecule has 0 bridgehead atoms. The Morgan fingerprint density at radius 1 is 1.18 bits per heavy atom. The van der Waals surface area contributed by atoms with Crippen LogP contribution in [-0.2, 0) is 4.74 Å². The highest BCUT2D eigenvalue weighted by atomic mass is 16.5. The van der Waals surface area contributed by atoms with Gasteiger partial charge in [-0.15, -0.1) is 0 Å². The lowest BCUT2D eigenvalue weighted by atomic mass is 10.00. The highest BCUT2D eigenvalue weighted by molar-refractivity contribution is 6.06. The van der Waals surface area contributed by atoms with Crippen LogP contribution in [0.4, 0.5) is 0 Å². The van der Waals surface area contributed by atoms with Crippen molar-refractivity contribution in [3.63, 3.8) is 0 Å². The van der Waals surface area contributed by atoms with Gasteiger partial charge in [-0.25, -0.2) is 4.98 Å². The molecule has 0 aromatic carbocycles. The van der Waals surface area contributed by atoms with Gasteiger partial charge in [-0.05, 0) is 45.6 Å². The SMILES string of the molecule is Cc1noc2nc(C3CC3)cc(C(=O)N3CCC(N4CCOC(C)C4)CC3)c12. The van der Waals surface area contributed by atoms with Crippen molar-refractivity contribution in [2.45, 2.75) is 57.6 Å². The van der Waals surface area contributed by atoms with E-state index in [1.54, 1.807) is 0 Å². The Kier molecular flexibility index (Phi) is 4.59. The van der Waals surface area contributed by atoms with E-state index in [-0.39, 0.29) is 5.91 Å². The third kappa shape index (κ3) is 3.31. The summed E-state index contributed by atoms with van der Waals surface area (Å²) in [7, 11) is 0. The monoisotopic (exact) mass is 384 g/mol. The maximum absolute atomic E-state index is 13.4. The molecule has 28 heavy (non-hydrogen) atoms. The minimum absolute atomic E-state index is 0.0920. The number of hydrogen-bond donors (Lipinski definition) is 0. The minimum Gasteiger partial charge on any atom is -0.376 e. The Balaban J connectivity index is 1.34. The smallest absolute Gasteiger partial charge is 0.259 e. The quantitative estimate of drug-likeness (QED) is 0.810. The van der Waals surface area contributed by atoms with Crippen LogP contribution in [0.2, 0.25) is 0 Å². The number of morpholine rings is 1. The number of aryl methyl sites for hydroxylation is 1. The summed E-state index contributed by atoms with van der Waals surface area (Å²) in [4.78, 5) is 22.5. The lowest BCUT2D eigenvalue weighted by molar-refractivity contribution is -0.0423. The largest absolute Gasteiger partial charge is 0.376 e. The number of piperidine rings is 1. The van der Waals surface area contributed by atoms with Crippen molar-refractivity contribution in [3.8, 4) is 0 Å². The van der Waals surface area contributed by atoms with Crippen LogP contribution in [0.15, 0.2) is 10.6 Å². The zero-order chi connectivity index (χ0) is 19.3. The van der Waals surface area contributed by atoms with Gasteiger partial charge in [0.15, 0.2) is 0 Å². The molecule has 4 heterocycles. The molecule has 1 amide bonds. The number of carbonyl (C=O) groups excluding carboxylic acids is 1. The summed E-state index contributed by atoms with van der Waals surface area (Å²) in [6.07, 6.45) is 4.62. The molecular weight excluding hydrogens is 356 g/mol. The van der Waals surface area contributed by atoms with Gasteiger partial charge in [-0.1, -0.05) is 5.16 Å². The van der Waals surface area contributed by atoms with Gasteiger partial charge in [-0.2, -0.15) is 0 Å². The van der Waals surface area contributed by atoms with Crippen molar-refractivity contribution >= 4 is 17.0 Å². The number of ether oxygens (including phenoxy) is 1. The second-order valence-electron chi connectivity index (χ2n) is 8.52. The van der Waals surface area contributed by atoms with Crippen LogP contribution in [0.1, 0.15) is 60.3 Å². The Labute approximate surface area is 165 Å². The third-order valence-corrected chi connectivity index (χ3v) is 6.40. The van der Waals surface area contributed by atoms with Crippen molar-refractivity contribution in [3.05, 3.63) is 23.0 Å². The first kappa shape index (κ1) is 18.1. The van der Waals surface area contributed by atoms with Crippen molar-refractivity contribution in [1.82, 2.24) is 19.9 Å². The summed E-state index contributed by atoms with van der Waals surface area (Å²) < 4.78 is 11.1. The summed E-state index contributed by atoms with van der Waals surface area (Å²) in [6.45, 7) is 8.41. The average Bonchev–Trinajstić information content (AvgIpc) is 3.50. The number of pyridine rings is 1. The molecular formula is C21H28N4O3. The summed E-state index contributed by atoms with van der Waals surface area (Å²) >= 11 is 0. The molecule has 2 aliphatic heterocycles. The minimum atomic E-state index is 0.0920. The standard InChI is InChI=1S/C21H28N4O3/c1-13-12-25(9-10-27-13)16-5-7-24(8-6-16)21(26)17-11-18(15-3-4-15)22-20-19(17)14(2)23-28-20/h11,13,15-16H,3-10,12H2,1-2H3. The second kappa shape index (κ2) is 7.12. The molecule has 1 atom stereocenters. The number of aromatic nitrogens is 2. The average molecular weight is 384 g/mol. The van der Waals surface area contributed by atoms with Crippen LogP contribution in [0.3, 0.4) is 0 Å². The molecule has 0 N–H and O–H groups in total. The first-order chi connectivity index (χ1) is 13.6. The van der Waals surface area contributed by atoms with E-state index in [0.717, 1.165) is 75.2 Å². The lowest BCUT2D eigenvalue weighted by Crippen LogP contribution is -2.51. The highest BCUT2D eigenvalue weighted by Crippen LogP contribution is 2.40. The molecule has 7 nitrogen and oxygen atoms in total. The van der Waals surface area contributed by atoms with Gasteiger partial charge in [0.05, 0.1) is 29.4 Å². The zero-order valence-electron chi connectivity index (χ0n) is 16.7. The van der Waals surface area contributed by atoms with E-state index in [1.165, 1.54) is 0 Å². The molecule has 3 aliphatic rings. The Morgan fingerprint density at radius 3 is 2.68 bits per heavy atom. The number of rotatable bonds is 3. The fourth-order valence-corrected chi connectivity index (χ4v) is 4.65. The summed E-state index contributed by atoms with van der Waals surface area (Å²) in [6, 6.07) is 2.54. The van der Waals surface area contributed by atoms with E-state index in [0.29, 0.717) is 29.3 Å². The van der Waals surface area contributed by atoms with E-state index in [2.05, 4.69) is 22.0 Å². The zero-order valence-corrected chi connectivity index (χ0v) is 16.7. The number of nitrogens with zero attached hydrogens (tertiary/aromatic N) is 4. The van der Waals surface area contributed by atoms with Gasteiger partial charge < -0.3 is 14.2 Å². The molecule has 2 aromatic heterocycles. The predicted molar refractivity (Wildman–Crippen MR) is 104 cm³/mol. The Morgan fingerprint density at radius 2 is 1.96 bits per heavy atom. The van der Waals surface area contributed by atoms with E-state index in [1.807, 2.05) is 17.9 Å². The molecule has 5 rings (SSSR count). The predicted octanol–water partition coefficient (Wildman–Crippen LogP) is 2.73. The van der Waals surface area contributed by atoms with Crippen LogP contribution < -0.4 is 0 Å². The van der Waals surface area contributed by atoms with Crippen LogP contribution in [0, 0.1) is 6.92 Å². The molecule has 2 saturated heterocycles. The molecule has 3 fully saturated rings. The first-order valence-corrected chi connectivity index (χ1v) is 10.5. The van der Waals surface area contributed by atoms with Gasteiger partial charge in [0.1, 0.15) is 0 Å². The van der Waals surface area contributed by atoms with Gasteiger partial charge in [0.25, 0.3) is 11.6 Å². The number of amides is 1. The van der Waals surface area contributed by atoms with E-state index < -0.39 is 0 Å². The van der Waals surface area contributed by atoms with Gasteiger partial charge in [0.2, 0.25) is 0 Å². The number of hydrogen-bond acceptors (Lipinski definition) is 6. The maximum Gasteiger partial charge on any atom is 0.259 e. The molecule has 0 spiro atoms. The topological polar surface area (TPSA) is 71.7 Å². The molecule has 150 valence electrons. The fourth-order valence-electron chi connectivity index (χ4n) is 4.65. The lowest BCUT2D eigenvalue weighted by Gasteiger charge is -2.41. The second-order valence-corrected chi connectivity index (χ2v) is 8.52. The van der Waals surface area contributed by atoms with Crippen LogP contribution in [0.25, 0.3) is 11.1 Å². The van der Waals surface area contributed by atoms with Crippen molar-refractivity contribution in [2.24, 2.45) is 0 Å². The van der Waals surface area contributed by atoms with Gasteiger partial charge in [0, 0.05) is 43.8 Å². The van der Waals surface area contributed by atoms with Gasteiger partial charge in [-0.3, -0.25) is 9.69 Å². The number of likely N-dealkylation sites (tertiary alicyclic amines) is 1. The molecule has 1 saturated carbocycles. The molecule has 1 unspecified atom stereocenters. The number of fused-ring (bicyclic) bond motifs is 1. The summed E-state index contributed by atoms with van der Waals surface area (Å²) in [5.41, 5.74) is 2.93. The Hall–Kier alpha value is -1.99. The molecule has 7 heteroatoms. The van der Waals surface area contributed by atoms with E-state index in [4.69, 9.17) is 9.26 Å². The Bertz CT molecular complexity index is 883. The van der Waals surface area contributed by atoms with Crippen molar-refractivity contribution in [1.29, 1.82) is 0 Å². The first-order valence-electron chi connectivity index (χ1n) is 10.5. The van der Waals surface area contributed by atoms with E-state index >= 15 is 0 Å². The summed E-state index contributed by atoms with van der Waals surface area (Å²) in [5.74, 6) is 0.560. The summed E-state index contributed by atoms with van der Waals surface area (Å²) in [5, 5.41) is 4.83. The molecule has 2 aromatic rings. The normalized spacial score (nSPS) is 24.8. The number of carbonyl (C=O) groups is 1. The van der Waals surface area contributed by atoms with Crippen molar-refractivity contribution in [2.75, 3.05) is 32.8 Å².